The van der Waals surface area contributed by atoms with E-state index >= 15 is 0 Å². The molecule has 4 N–H and O–H groups in total. The summed E-state index contributed by atoms with van der Waals surface area (Å²) in [6.45, 7) is 0. The Morgan fingerprint density at radius 1 is 1.20 bits per heavy atom. The zero-order valence-electron chi connectivity index (χ0n) is 8.39. The van der Waals surface area contributed by atoms with Gasteiger partial charge in [-0.05, 0) is 42.8 Å². The third kappa shape index (κ3) is 2.60. The highest BCUT2D eigenvalue weighted by atomic mass is 16.5. The van der Waals surface area contributed by atoms with Crippen LogP contribution in [0.5, 0.6) is 5.75 Å². The van der Waals surface area contributed by atoms with E-state index in [2.05, 4.69) is 0 Å². The number of rotatable bonds is 2. The highest BCUT2D eigenvalue weighted by Gasteiger charge is 2.05. The molecule has 1 unspecified atom stereocenters. The molecule has 0 bridgehead atoms. The van der Waals surface area contributed by atoms with E-state index in [1.54, 1.807) is 0 Å². The molecule has 3 nitrogen and oxygen atoms in total. The summed E-state index contributed by atoms with van der Waals surface area (Å²) < 4.78 is 5.62. The lowest BCUT2D eigenvalue weighted by molar-refractivity contribution is 0.437. The summed E-state index contributed by atoms with van der Waals surface area (Å²) in [6, 6.07) is 7.43. The maximum absolute atomic E-state index is 5.71. The molecule has 1 aliphatic carbocycles. The van der Waals surface area contributed by atoms with Crippen molar-refractivity contribution in [2.45, 2.75) is 12.5 Å². The molecular formula is C12H14N2O. The predicted octanol–water partition coefficient (Wildman–Crippen LogP) is 1.82. The van der Waals surface area contributed by atoms with Gasteiger partial charge in [0.05, 0.1) is 0 Å². The normalized spacial score (nSPS) is 19.8. The van der Waals surface area contributed by atoms with Crippen LogP contribution in [0.3, 0.4) is 0 Å². The maximum Gasteiger partial charge on any atom is 0.127 e. The minimum absolute atomic E-state index is 0.115. The molecule has 0 spiro atoms. The monoisotopic (exact) mass is 202 g/mol. The number of benzene rings is 1. The first-order valence-corrected chi connectivity index (χ1v) is 4.91. The molecule has 1 aromatic rings. The van der Waals surface area contributed by atoms with Crippen molar-refractivity contribution in [2.24, 2.45) is 5.73 Å². The molecule has 0 heterocycles. The van der Waals surface area contributed by atoms with Crippen molar-refractivity contribution in [3.63, 3.8) is 0 Å². The second kappa shape index (κ2) is 4.19. The highest BCUT2D eigenvalue weighted by molar-refractivity contribution is 5.42. The van der Waals surface area contributed by atoms with Gasteiger partial charge in [-0.2, -0.15) is 0 Å². The van der Waals surface area contributed by atoms with E-state index in [9.17, 15) is 0 Å². The maximum atomic E-state index is 5.71. The Hall–Kier alpha value is -1.74. The van der Waals surface area contributed by atoms with Crippen LogP contribution >= 0.6 is 0 Å². The summed E-state index contributed by atoms with van der Waals surface area (Å²) in [6.07, 6.45) is 6.64. The highest BCUT2D eigenvalue weighted by Crippen LogP contribution is 2.18. The van der Waals surface area contributed by atoms with Crippen molar-refractivity contribution < 1.29 is 4.74 Å². The molecule has 0 saturated heterocycles. The van der Waals surface area contributed by atoms with Gasteiger partial charge in [0.1, 0.15) is 11.5 Å². The number of anilines is 1. The number of ether oxygens (including phenoxy) is 1. The second-order valence-electron chi connectivity index (χ2n) is 3.54. The van der Waals surface area contributed by atoms with Gasteiger partial charge < -0.3 is 16.2 Å². The standard InChI is InChI=1S/C12H14N2O/c13-9-1-5-11(6-2-9)15-12-7-3-10(14)4-8-12/h1-3,5-8,10H,4,13-14H2. The molecule has 0 aliphatic heterocycles. The Morgan fingerprint density at radius 2 is 1.93 bits per heavy atom. The average Bonchev–Trinajstić information content (AvgIpc) is 2.25. The molecular weight excluding hydrogens is 188 g/mol. The molecule has 0 saturated carbocycles. The van der Waals surface area contributed by atoms with Crippen LogP contribution in [-0.4, -0.2) is 6.04 Å². The van der Waals surface area contributed by atoms with Crippen molar-refractivity contribution in [1.82, 2.24) is 0 Å². The van der Waals surface area contributed by atoms with Gasteiger partial charge in [-0.1, -0.05) is 6.08 Å². The van der Waals surface area contributed by atoms with E-state index in [-0.39, 0.29) is 6.04 Å². The fourth-order valence-corrected chi connectivity index (χ4v) is 1.36. The Morgan fingerprint density at radius 3 is 2.53 bits per heavy atom. The Labute approximate surface area is 89.0 Å². The van der Waals surface area contributed by atoms with Crippen LogP contribution in [-0.2, 0) is 0 Å². The first-order valence-electron chi connectivity index (χ1n) is 4.91. The lowest BCUT2D eigenvalue weighted by atomic mass is 10.1. The van der Waals surface area contributed by atoms with Crippen LogP contribution in [0.15, 0.2) is 48.3 Å². The molecule has 0 radical (unpaired) electrons. The quantitative estimate of drug-likeness (QED) is 0.719. The van der Waals surface area contributed by atoms with Crippen LogP contribution in [0.1, 0.15) is 6.42 Å². The van der Waals surface area contributed by atoms with Crippen LogP contribution < -0.4 is 16.2 Å². The molecule has 1 aromatic carbocycles. The Kier molecular flexibility index (Phi) is 2.74. The van der Waals surface area contributed by atoms with Crippen LogP contribution in [0.25, 0.3) is 0 Å². The molecule has 1 atom stereocenters. The average molecular weight is 202 g/mol. The van der Waals surface area contributed by atoms with Gasteiger partial charge >= 0.3 is 0 Å². The summed E-state index contributed by atoms with van der Waals surface area (Å²) in [5, 5.41) is 0. The van der Waals surface area contributed by atoms with Crippen LogP contribution in [0.2, 0.25) is 0 Å². The zero-order chi connectivity index (χ0) is 10.7. The van der Waals surface area contributed by atoms with Crippen molar-refractivity contribution in [1.29, 1.82) is 0 Å². The van der Waals surface area contributed by atoms with Crippen molar-refractivity contribution in [3.05, 3.63) is 48.3 Å². The van der Waals surface area contributed by atoms with Gasteiger partial charge in [-0.3, -0.25) is 0 Å². The van der Waals surface area contributed by atoms with Crippen molar-refractivity contribution >= 4 is 5.69 Å². The minimum Gasteiger partial charge on any atom is -0.458 e. The number of allylic oxidation sites excluding steroid dienone is 1. The SMILES string of the molecule is Nc1ccc(OC2=CCC(N)C=C2)cc1. The molecule has 3 heteroatoms. The summed E-state index contributed by atoms with van der Waals surface area (Å²) in [4.78, 5) is 0. The van der Waals surface area contributed by atoms with Crippen LogP contribution in [0.4, 0.5) is 5.69 Å². The minimum atomic E-state index is 0.115. The summed E-state index contributed by atoms with van der Waals surface area (Å²) in [5.74, 6) is 1.62. The summed E-state index contributed by atoms with van der Waals surface area (Å²) in [5.41, 5.74) is 12.0. The van der Waals surface area contributed by atoms with E-state index in [0.29, 0.717) is 0 Å². The number of nitrogen functional groups attached to an aromatic ring is 1. The molecule has 0 fully saturated rings. The van der Waals surface area contributed by atoms with Gasteiger partial charge in [0, 0.05) is 11.7 Å². The summed E-state index contributed by atoms with van der Waals surface area (Å²) in [7, 11) is 0. The fourth-order valence-electron chi connectivity index (χ4n) is 1.36. The third-order valence-electron chi connectivity index (χ3n) is 2.21. The molecule has 1 aliphatic rings. The van der Waals surface area contributed by atoms with E-state index < -0.39 is 0 Å². The topological polar surface area (TPSA) is 61.3 Å². The first kappa shape index (κ1) is 9.80. The number of hydrogen-bond donors (Lipinski definition) is 2. The zero-order valence-corrected chi connectivity index (χ0v) is 8.39. The third-order valence-corrected chi connectivity index (χ3v) is 2.21. The van der Waals surface area contributed by atoms with E-state index in [4.69, 9.17) is 16.2 Å². The van der Waals surface area contributed by atoms with Gasteiger partial charge in [0.15, 0.2) is 0 Å². The molecule has 2 rings (SSSR count). The number of hydrogen-bond acceptors (Lipinski definition) is 3. The van der Waals surface area contributed by atoms with Crippen molar-refractivity contribution in [3.8, 4) is 5.75 Å². The van der Waals surface area contributed by atoms with Gasteiger partial charge in [0.25, 0.3) is 0 Å². The molecule has 78 valence electrons. The van der Waals surface area contributed by atoms with Gasteiger partial charge in [-0.25, -0.2) is 0 Å². The van der Waals surface area contributed by atoms with Crippen LogP contribution in [0, 0.1) is 0 Å². The van der Waals surface area contributed by atoms with Gasteiger partial charge in [-0.15, -0.1) is 0 Å². The first-order chi connectivity index (χ1) is 7.24. The molecule has 15 heavy (non-hydrogen) atoms. The molecule has 0 amide bonds. The van der Waals surface area contributed by atoms with E-state index in [1.165, 1.54) is 0 Å². The van der Waals surface area contributed by atoms with Gasteiger partial charge in [0.2, 0.25) is 0 Å². The predicted molar refractivity (Wildman–Crippen MR) is 61.3 cm³/mol. The lowest BCUT2D eigenvalue weighted by Gasteiger charge is -2.12. The fraction of sp³-hybridized carbons (Fsp3) is 0.167. The number of nitrogens with two attached hydrogens (primary N) is 2. The van der Waals surface area contributed by atoms with E-state index in [0.717, 1.165) is 23.6 Å². The van der Waals surface area contributed by atoms with E-state index in [1.807, 2.05) is 42.5 Å². The molecule has 0 aromatic heterocycles. The summed E-state index contributed by atoms with van der Waals surface area (Å²) >= 11 is 0. The lowest BCUT2D eigenvalue weighted by Crippen LogP contribution is -2.18. The smallest absolute Gasteiger partial charge is 0.127 e. The Bertz CT molecular complexity index is 393. The second-order valence-corrected chi connectivity index (χ2v) is 3.54. The largest absolute Gasteiger partial charge is 0.458 e. The Balaban J connectivity index is 2.04. The van der Waals surface area contributed by atoms with Crippen molar-refractivity contribution in [2.75, 3.05) is 5.73 Å².